The van der Waals surface area contributed by atoms with Crippen molar-refractivity contribution in [3.63, 3.8) is 0 Å². The predicted molar refractivity (Wildman–Crippen MR) is 79.5 cm³/mol. The third kappa shape index (κ3) is 4.51. The minimum absolute atomic E-state index is 0.218. The summed E-state index contributed by atoms with van der Waals surface area (Å²) in [5.74, 6) is -0.230. The van der Waals surface area contributed by atoms with Gasteiger partial charge in [-0.2, -0.15) is 0 Å². The van der Waals surface area contributed by atoms with E-state index in [0.29, 0.717) is 17.2 Å². The molecule has 0 saturated heterocycles. The zero-order chi connectivity index (χ0) is 15.1. The Kier molecular flexibility index (Phi) is 6.49. The summed E-state index contributed by atoms with van der Waals surface area (Å²) in [6.07, 6.45) is 3.01. The van der Waals surface area contributed by atoms with Crippen molar-refractivity contribution in [1.29, 1.82) is 0 Å². The van der Waals surface area contributed by atoms with Gasteiger partial charge in [0.1, 0.15) is 5.82 Å². The Balaban J connectivity index is 2.93. The maximum atomic E-state index is 13.4. The third-order valence-corrected chi connectivity index (χ3v) is 3.62. The molecule has 0 radical (unpaired) electrons. The number of nitrogens with one attached hydrogen (secondary N) is 1. The molecule has 112 valence electrons. The van der Waals surface area contributed by atoms with Gasteiger partial charge in [0.25, 0.3) is 0 Å². The van der Waals surface area contributed by atoms with E-state index in [0.717, 1.165) is 19.3 Å². The van der Waals surface area contributed by atoms with Crippen molar-refractivity contribution in [3.8, 4) is 0 Å². The molecule has 1 N–H and O–H groups in total. The molecule has 0 aromatic heterocycles. The number of hydrogen-bond donors (Lipinski definition) is 1. The van der Waals surface area contributed by atoms with Gasteiger partial charge < -0.3 is 10.1 Å². The molecule has 0 fully saturated rings. The van der Waals surface area contributed by atoms with E-state index in [1.807, 2.05) is 0 Å². The van der Waals surface area contributed by atoms with Crippen LogP contribution in [0.5, 0.6) is 0 Å². The highest BCUT2D eigenvalue weighted by molar-refractivity contribution is 5.95. The standard InChI is InChI=1S/C16H24FNO2/c1-5-11(3)9-13(6-2)18-15-10-12(17)7-8-14(15)16(19)20-4/h7-8,10-11,13,18H,5-6,9H2,1-4H3. The summed E-state index contributed by atoms with van der Waals surface area (Å²) >= 11 is 0. The molecule has 4 heteroatoms. The summed E-state index contributed by atoms with van der Waals surface area (Å²) in [5.41, 5.74) is 0.878. The van der Waals surface area contributed by atoms with Gasteiger partial charge in [0, 0.05) is 6.04 Å². The molecular weight excluding hydrogens is 257 g/mol. The summed E-state index contributed by atoms with van der Waals surface area (Å²) in [5, 5.41) is 3.28. The lowest BCUT2D eigenvalue weighted by Gasteiger charge is -2.22. The average Bonchev–Trinajstić information content (AvgIpc) is 2.45. The molecule has 1 rings (SSSR count). The number of hydrogen-bond acceptors (Lipinski definition) is 3. The minimum atomic E-state index is -0.453. The fourth-order valence-electron chi connectivity index (χ4n) is 2.12. The van der Waals surface area contributed by atoms with Gasteiger partial charge in [-0.3, -0.25) is 0 Å². The van der Waals surface area contributed by atoms with E-state index >= 15 is 0 Å². The van der Waals surface area contributed by atoms with E-state index < -0.39 is 5.97 Å². The van der Waals surface area contributed by atoms with Crippen molar-refractivity contribution >= 4 is 11.7 Å². The van der Waals surface area contributed by atoms with Crippen LogP contribution >= 0.6 is 0 Å². The molecule has 0 bridgehead atoms. The lowest BCUT2D eigenvalue weighted by molar-refractivity contribution is 0.0601. The summed E-state index contributed by atoms with van der Waals surface area (Å²) in [6, 6.07) is 4.30. The topological polar surface area (TPSA) is 38.3 Å². The van der Waals surface area contributed by atoms with Crippen molar-refractivity contribution < 1.29 is 13.9 Å². The number of carbonyl (C=O) groups is 1. The normalized spacial score (nSPS) is 13.7. The Bertz CT molecular complexity index is 448. The highest BCUT2D eigenvalue weighted by atomic mass is 19.1. The average molecular weight is 281 g/mol. The summed E-state index contributed by atoms with van der Waals surface area (Å²) in [7, 11) is 1.33. The van der Waals surface area contributed by atoms with Gasteiger partial charge >= 0.3 is 5.97 Å². The quantitative estimate of drug-likeness (QED) is 0.760. The molecule has 3 nitrogen and oxygen atoms in total. The minimum Gasteiger partial charge on any atom is -0.465 e. The molecular formula is C16H24FNO2. The number of methoxy groups -OCH3 is 1. The first-order valence-electron chi connectivity index (χ1n) is 7.16. The summed E-state index contributed by atoms with van der Waals surface area (Å²) < 4.78 is 18.1. The van der Waals surface area contributed by atoms with Crippen molar-refractivity contribution in [2.75, 3.05) is 12.4 Å². The van der Waals surface area contributed by atoms with Crippen molar-refractivity contribution in [2.45, 2.75) is 46.1 Å². The van der Waals surface area contributed by atoms with E-state index in [4.69, 9.17) is 4.74 Å². The van der Waals surface area contributed by atoms with Crippen LogP contribution in [0.15, 0.2) is 18.2 Å². The van der Waals surface area contributed by atoms with Gasteiger partial charge in [-0.15, -0.1) is 0 Å². The molecule has 20 heavy (non-hydrogen) atoms. The SMILES string of the molecule is CCC(C)CC(CC)Nc1cc(F)ccc1C(=O)OC. The number of carbonyl (C=O) groups excluding carboxylic acids is 1. The fourth-order valence-corrected chi connectivity index (χ4v) is 2.12. The largest absolute Gasteiger partial charge is 0.465 e. The summed E-state index contributed by atoms with van der Waals surface area (Å²) in [6.45, 7) is 6.42. The number of ether oxygens (including phenoxy) is 1. The van der Waals surface area contributed by atoms with Crippen molar-refractivity contribution in [2.24, 2.45) is 5.92 Å². The van der Waals surface area contributed by atoms with Gasteiger partial charge in [-0.1, -0.05) is 27.2 Å². The second-order valence-electron chi connectivity index (χ2n) is 5.18. The molecule has 0 aliphatic heterocycles. The molecule has 0 heterocycles. The Morgan fingerprint density at radius 3 is 2.60 bits per heavy atom. The van der Waals surface area contributed by atoms with Crippen LogP contribution in [-0.2, 0) is 4.74 Å². The van der Waals surface area contributed by atoms with Crippen molar-refractivity contribution in [1.82, 2.24) is 0 Å². The maximum absolute atomic E-state index is 13.4. The molecule has 0 aliphatic rings. The number of rotatable bonds is 7. The van der Waals surface area contributed by atoms with Crippen LogP contribution in [0.25, 0.3) is 0 Å². The molecule has 2 atom stereocenters. The molecule has 0 amide bonds. The first-order chi connectivity index (χ1) is 9.51. The summed E-state index contributed by atoms with van der Waals surface area (Å²) in [4.78, 5) is 11.7. The second kappa shape index (κ2) is 7.88. The van der Waals surface area contributed by atoms with Crippen molar-refractivity contribution in [3.05, 3.63) is 29.6 Å². The molecule has 0 aliphatic carbocycles. The zero-order valence-electron chi connectivity index (χ0n) is 12.7. The zero-order valence-corrected chi connectivity index (χ0v) is 12.7. The van der Waals surface area contributed by atoms with Gasteiger partial charge in [0.05, 0.1) is 18.4 Å². The molecule has 1 aromatic rings. The number of benzene rings is 1. The highest BCUT2D eigenvalue weighted by Crippen LogP contribution is 2.22. The lowest BCUT2D eigenvalue weighted by Crippen LogP contribution is -2.23. The van der Waals surface area contributed by atoms with Gasteiger partial charge in [0.15, 0.2) is 0 Å². The van der Waals surface area contributed by atoms with Gasteiger partial charge in [-0.05, 0) is 37.0 Å². The van der Waals surface area contributed by atoms with Gasteiger partial charge in [0.2, 0.25) is 0 Å². The van der Waals surface area contributed by atoms with E-state index in [9.17, 15) is 9.18 Å². The maximum Gasteiger partial charge on any atom is 0.339 e. The first-order valence-corrected chi connectivity index (χ1v) is 7.16. The van der Waals surface area contributed by atoms with Crippen LogP contribution in [0.1, 0.15) is 50.4 Å². The monoisotopic (exact) mass is 281 g/mol. The predicted octanol–water partition coefficient (Wildman–Crippen LogP) is 4.24. The van der Waals surface area contributed by atoms with E-state index in [1.54, 1.807) is 0 Å². The van der Waals surface area contributed by atoms with Gasteiger partial charge in [-0.25, -0.2) is 9.18 Å². The molecule has 2 unspecified atom stereocenters. The van der Waals surface area contributed by atoms with E-state index in [2.05, 4.69) is 26.1 Å². The smallest absolute Gasteiger partial charge is 0.339 e. The van der Waals surface area contributed by atoms with Crippen LogP contribution in [0.4, 0.5) is 10.1 Å². The Morgan fingerprint density at radius 2 is 2.05 bits per heavy atom. The first kappa shape index (κ1) is 16.5. The third-order valence-electron chi connectivity index (χ3n) is 3.62. The second-order valence-corrected chi connectivity index (χ2v) is 5.18. The van der Waals surface area contributed by atoms with Crippen LogP contribution < -0.4 is 5.32 Å². The molecule has 1 aromatic carbocycles. The van der Waals surface area contributed by atoms with E-state index in [-0.39, 0.29) is 11.9 Å². The lowest BCUT2D eigenvalue weighted by atomic mass is 9.97. The van der Waals surface area contributed by atoms with Crippen LogP contribution in [-0.4, -0.2) is 19.1 Å². The number of esters is 1. The van der Waals surface area contributed by atoms with Crippen LogP contribution in [0, 0.1) is 11.7 Å². The van der Waals surface area contributed by atoms with Crippen LogP contribution in [0.3, 0.4) is 0 Å². The fraction of sp³-hybridized carbons (Fsp3) is 0.562. The number of halogens is 1. The molecule has 0 saturated carbocycles. The molecule has 0 spiro atoms. The highest BCUT2D eigenvalue weighted by Gasteiger charge is 2.16. The Morgan fingerprint density at radius 1 is 1.35 bits per heavy atom. The number of anilines is 1. The Labute approximate surface area is 120 Å². The van der Waals surface area contributed by atoms with Crippen LogP contribution in [0.2, 0.25) is 0 Å². The Hall–Kier alpha value is -1.58. The van der Waals surface area contributed by atoms with E-state index in [1.165, 1.54) is 25.3 Å².